The van der Waals surface area contributed by atoms with Crippen LogP contribution in [0.5, 0.6) is 0 Å². The van der Waals surface area contributed by atoms with Crippen LogP contribution in [0.3, 0.4) is 0 Å². The molecule has 0 aliphatic heterocycles. The lowest BCUT2D eigenvalue weighted by molar-refractivity contribution is 0.525. The second-order valence-electron chi connectivity index (χ2n) is 3.33. The van der Waals surface area contributed by atoms with Crippen LogP contribution in [0.2, 0.25) is 5.02 Å². The summed E-state index contributed by atoms with van der Waals surface area (Å²) in [5.41, 5.74) is 7.51. The van der Waals surface area contributed by atoms with Gasteiger partial charge in [-0.1, -0.05) is 11.6 Å². The van der Waals surface area contributed by atoms with E-state index in [0.717, 1.165) is 27.8 Å². The van der Waals surface area contributed by atoms with Gasteiger partial charge in [-0.25, -0.2) is 4.98 Å². The third-order valence-corrected chi connectivity index (χ3v) is 3.50. The van der Waals surface area contributed by atoms with Gasteiger partial charge >= 0.3 is 0 Å². The van der Waals surface area contributed by atoms with Crippen molar-refractivity contribution >= 4 is 29.1 Å². The molecule has 16 heavy (non-hydrogen) atoms. The first-order valence-corrected chi connectivity index (χ1v) is 6.10. The minimum atomic E-state index is 0.688. The maximum absolute atomic E-state index is 5.91. The van der Waals surface area contributed by atoms with Crippen LogP contribution < -0.4 is 5.73 Å². The zero-order valence-corrected chi connectivity index (χ0v) is 10.3. The van der Waals surface area contributed by atoms with Crippen LogP contribution in [-0.2, 0) is 5.75 Å². The maximum Gasteiger partial charge on any atom is 0.181 e. The van der Waals surface area contributed by atoms with Crippen LogP contribution in [0, 0.1) is 6.92 Å². The second kappa shape index (κ2) is 4.80. The van der Waals surface area contributed by atoms with Gasteiger partial charge in [-0.15, -0.1) is 11.8 Å². The van der Waals surface area contributed by atoms with Crippen LogP contribution in [0.1, 0.15) is 11.5 Å². The third-order valence-electron chi connectivity index (χ3n) is 2.18. The molecule has 0 aliphatic rings. The van der Waals surface area contributed by atoms with E-state index in [1.54, 1.807) is 23.9 Å². The molecule has 1 heterocycles. The quantitative estimate of drug-likeness (QED) is 0.673. The predicted octanol–water partition coefficient (Wildman–Crippen LogP) is 3.51. The zero-order chi connectivity index (χ0) is 11.5. The topological polar surface area (TPSA) is 52.0 Å². The molecule has 0 amide bonds. The number of aryl methyl sites for hydroxylation is 1. The molecule has 0 spiro atoms. The number of nitrogens with two attached hydrogens (primary N) is 1. The molecule has 0 atom stereocenters. The highest BCUT2D eigenvalue weighted by atomic mass is 35.5. The average Bonchev–Trinajstić information content (AvgIpc) is 2.66. The Labute approximate surface area is 103 Å². The van der Waals surface area contributed by atoms with Crippen molar-refractivity contribution in [3.8, 4) is 0 Å². The minimum Gasteiger partial charge on any atom is -0.448 e. The molecule has 1 aromatic heterocycles. The molecule has 5 heteroatoms. The molecule has 2 aromatic rings. The normalized spacial score (nSPS) is 10.6. The first-order valence-electron chi connectivity index (χ1n) is 4.73. The van der Waals surface area contributed by atoms with E-state index in [0.29, 0.717) is 5.02 Å². The monoisotopic (exact) mass is 254 g/mol. The van der Waals surface area contributed by atoms with Crippen LogP contribution in [0.4, 0.5) is 5.69 Å². The van der Waals surface area contributed by atoms with E-state index in [1.165, 1.54) is 6.39 Å². The van der Waals surface area contributed by atoms with Crippen molar-refractivity contribution in [2.45, 2.75) is 17.6 Å². The summed E-state index contributed by atoms with van der Waals surface area (Å²) in [5, 5.41) is 0.688. The smallest absolute Gasteiger partial charge is 0.181 e. The summed E-state index contributed by atoms with van der Waals surface area (Å²) >= 11 is 7.51. The van der Waals surface area contributed by atoms with Gasteiger partial charge in [0, 0.05) is 21.4 Å². The Bertz CT molecular complexity index is 498. The Hall–Kier alpha value is -1.13. The fourth-order valence-corrected chi connectivity index (χ4v) is 2.50. The molecule has 2 rings (SSSR count). The zero-order valence-electron chi connectivity index (χ0n) is 8.74. The lowest BCUT2D eigenvalue weighted by atomic mass is 10.3. The highest BCUT2D eigenvalue weighted by Gasteiger charge is 2.06. The summed E-state index contributed by atoms with van der Waals surface area (Å²) in [6.07, 6.45) is 1.45. The summed E-state index contributed by atoms with van der Waals surface area (Å²) in [4.78, 5) is 5.09. The van der Waals surface area contributed by atoms with Crippen molar-refractivity contribution in [1.82, 2.24) is 4.98 Å². The number of oxazole rings is 1. The van der Waals surface area contributed by atoms with Gasteiger partial charge < -0.3 is 10.2 Å². The highest BCUT2D eigenvalue weighted by Crippen LogP contribution is 2.30. The van der Waals surface area contributed by atoms with Crippen molar-refractivity contribution in [3.05, 3.63) is 41.1 Å². The number of anilines is 1. The Kier molecular flexibility index (Phi) is 3.41. The molecule has 84 valence electrons. The first kappa shape index (κ1) is 11.4. The number of aromatic nitrogens is 1. The number of thioether (sulfide) groups is 1. The molecule has 0 saturated heterocycles. The van der Waals surface area contributed by atoms with E-state index in [1.807, 2.05) is 13.0 Å². The molecular formula is C11H11ClN2OS. The van der Waals surface area contributed by atoms with E-state index < -0.39 is 0 Å². The molecule has 1 aromatic carbocycles. The molecule has 0 radical (unpaired) electrons. The predicted molar refractivity (Wildman–Crippen MR) is 66.7 cm³/mol. The van der Waals surface area contributed by atoms with Crippen LogP contribution in [-0.4, -0.2) is 4.98 Å². The number of nitrogen functional groups attached to an aromatic ring is 1. The molecule has 0 fully saturated rings. The third kappa shape index (κ3) is 2.51. The van der Waals surface area contributed by atoms with E-state index in [2.05, 4.69) is 4.98 Å². The summed E-state index contributed by atoms with van der Waals surface area (Å²) < 4.78 is 5.13. The lowest BCUT2D eigenvalue weighted by Crippen LogP contribution is -1.89. The van der Waals surface area contributed by atoms with E-state index in [9.17, 15) is 0 Å². The van der Waals surface area contributed by atoms with Gasteiger partial charge in [-0.3, -0.25) is 0 Å². The van der Waals surface area contributed by atoms with Crippen molar-refractivity contribution < 1.29 is 4.42 Å². The number of rotatable bonds is 3. The number of nitrogens with zero attached hydrogens (tertiary/aromatic N) is 1. The summed E-state index contributed by atoms with van der Waals surface area (Å²) in [5.74, 6) is 1.57. The number of hydrogen-bond donors (Lipinski definition) is 1. The summed E-state index contributed by atoms with van der Waals surface area (Å²) in [7, 11) is 0. The van der Waals surface area contributed by atoms with Crippen molar-refractivity contribution in [2.75, 3.05) is 5.73 Å². The summed E-state index contributed by atoms with van der Waals surface area (Å²) in [6.45, 7) is 1.89. The largest absolute Gasteiger partial charge is 0.448 e. The van der Waals surface area contributed by atoms with Gasteiger partial charge in [0.2, 0.25) is 0 Å². The molecule has 0 unspecified atom stereocenters. The fourth-order valence-electron chi connectivity index (χ4n) is 1.25. The Morgan fingerprint density at radius 1 is 1.50 bits per heavy atom. The summed E-state index contributed by atoms with van der Waals surface area (Å²) in [6, 6.07) is 5.44. The first-order chi connectivity index (χ1) is 7.66. The van der Waals surface area contributed by atoms with Crippen LogP contribution in [0.25, 0.3) is 0 Å². The highest BCUT2D eigenvalue weighted by molar-refractivity contribution is 7.98. The van der Waals surface area contributed by atoms with Crippen molar-refractivity contribution in [3.63, 3.8) is 0 Å². The molecule has 0 saturated carbocycles. The Morgan fingerprint density at radius 2 is 2.31 bits per heavy atom. The SMILES string of the molecule is Cc1ocnc1CSc1cc(Cl)ccc1N. The number of benzene rings is 1. The van der Waals surface area contributed by atoms with Gasteiger partial charge in [0.1, 0.15) is 5.76 Å². The molecule has 0 bridgehead atoms. The van der Waals surface area contributed by atoms with Crippen molar-refractivity contribution in [1.29, 1.82) is 0 Å². The molecule has 2 N–H and O–H groups in total. The maximum atomic E-state index is 5.91. The number of halogens is 1. The Morgan fingerprint density at radius 3 is 3.00 bits per heavy atom. The fraction of sp³-hybridized carbons (Fsp3) is 0.182. The standard InChI is InChI=1S/C11H11ClN2OS/c1-7-10(14-6-15-7)5-16-11-4-8(12)2-3-9(11)13/h2-4,6H,5,13H2,1H3. The van der Waals surface area contributed by atoms with Crippen LogP contribution in [0.15, 0.2) is 33.9 Å². The number of hydrogen-bond acceptors (Lipinski definition) is 4. The van der Waals surface area contributed by atoms with E-state index >= 15 is 0 Å². The van der Waals surface area contributed by atoms with Gasteiger partial charge in [0.15, 0.2) is 6.39 Å². The van der Waals surface area contributed by atoms with Gasteiger partial charge in [-0.05, 0) is 25.1 Å². The van der Waals surface area contributed by atoms with Gasteiger partial charge in [0.05, 0.1) is 5.69 Å². The van der Waals surface area contributed by atoms with E-state index in [-0.39, 0.29) is 0 Å². The average molecular weight is 255 g/mol. The minimum absolute atomic E-state index is 0.688. The molecule has 0 aliphatic carbocycles. The lowest BCUT2D eigenvalue weighted by Gasteiger charge is -2.04. The Balaban J connectivity index is 2.10. The van der Waals surface area contributed by atoms with Crippen molar-refractivity contribution in [2.24, 2.45) is 0 Å². The van der Waals surface area contributed by atoms with Gasteiger partial charge in [-0.2, -0.15) is 0 Å². The van der Waals surface area contributed by atoms with E-state index in [4.69, 9.17) is 21.8 Å². The molecular weight excluding hydrogens is 244 g/mol. The molecule has 3 nitrogen and oxygen atoms in total. The van der Waals surface area contributed by atoms with Crippen LogP contribution >= 0.6 is 23.4 Å². The van der Waals surface area contributed by atoms with Gasteiger partial charge in [0.25, 0.3) is 0 Å². The second-order valence-corrected chi connectivity index (χ2v) is 4.78.